The highest BCUT2D eigenvalue weighted by Gasteiger charge is 2.37. The van der Waals surface area contributed by atoms with Gasteiger partial charge in [0.15, 0.2) is 0 Å². The lowest BCUT2D eigenvalue weighted by molar-refractivity contribution is -0.143. The van der Waals surface area contributed by atoms with Crippen LogP contribution in [0.3, 0.4) is 0 Å². The van der Waals surface area contributed by atoms with Gasteiger partial charge in [0.1, 0.15) is 6.04 Å². The van der Waals surface area contributed by atoms with Crippen LogP contribution in [0.25, 0.3) is 0 Å². The van der Waals surface area contributed by atoms with E-state index < -0.39 is 51.1 Å². The zero-order valence-electron chi connectivity index (χ0n) is 18.0. The zero-order valence-corrected chi connectivity index (χ0v) is 19.6. The van der Waals surface area contributed by atoms with Crippen LogP contribution in [0.1, 0.15) is 16.7 Å². The number of hydrogen-bond acceptors (Lipinski definition) is 3. The Labute approximate surface area is 207 Å². The Morgan fingerprint density at radius 2 is 1.36 bits per heavy atom. The highest BCUT2D eigenvalue weighted by Crippen LogP contribution is 2.37. The van der Waals surface area contributed by atoms with Crippen LogP contribution >= 0.6 is 11.6 Å². The minimum atomic E-state index is -5.12. The summed E-state index contributed by atoms with van der Waals surface area (Å²) in [4.78, 5) is 12.7. The number of alkyl halides is 6. The van der Waals surface area contributed by atoms with Crippen molar-refractivity contribution < 1.29 is 39.6 Å². The smallest absolute Gasteiger partial charge is 0.325 e. The average Bonchev–Trinajstić information content (AvgIpc) is 2.78. The van der Waals surface area contributed by atoms with Gasteiger partial charge in [-0.15, -0.1) is 0 Å². The molecule has 3 aromatic rings. The molecular weight excluding hydrogens is 534 g/mol. The van der Waals surface area contributed by atoms with Crippen LogP contribution in [0, 0.1) is 0 Å². The summed E-state index contributed by atoms with van der Waals surface area (Å²) >= 11 is 5.77. The van der Waals surface area contributed by atoms with Crippen LogP contribution in [0.4, 0.5) is 32.0 Å². The van der Waals surface area contributed by atoms with Crippen molar-refractivity contribution >= 4 is 33.2 Å². The molecule has 0 fully saturated rings. The standard InChI is InChI=1S/C23H17ClF6N2O3S/c24-17-6-8-19(9-7-17)36(34,35)32-20(10-14-4-2-1-3-5-14)21(33)31-18-12-15(22(25,26)27)11-16(13-18)23(28,29)30/h1-9,11-13,20,32H,10H2,(H,31,33)/t20-/m0/s1. The number of rotatable bonds is 7. The van der Waals surface area contributed by atoms with Gasteiger partial charge in [-0.05, 0) is 54.4 Å². The maximum atomic E-state index is 13.2. The van der Waals surface area contributed by atoms with E-state index in [4.69, 9.17) is 11.6 Å². The fraction of sp³-hybridized carbons (Fsp3) is 0.174. The number of carbonyl (C=O) groups excluding carboxylic acids is 1. The number of sulfonamides is 1. The molecule has 192 valence electrons. The van der Waals surface area contributed by atoms with Crippen LogP contribution in [-0.2, 0) is 33.6 Å². The Balaban J connectivity index is 1.96. The second kappa shape index (κ2) is 10.5. The monoisotopic (exact) mass is 550 g/mol. The van der Waals surface area contributed by atoms with Gasteiger partial charge in [0.2, 0.25) is 15.9 Å². The van der Waals surface area contributed by atoms with E-state index in [9.17, 15) is 39.6 Å². The summed E-state index contributed by atoms with van der Waals surface area (Å²) in [7, 11) is -4.33. The molecule has 0 aliphatic rings. The molecule has 1 amide bonds. The number of hydrogen-bond donors (Lipinski definition) is 2. The van der Waals surface area contributed by atoms with Crippen molar-refractivity contribution in [3.05, 3.63) is 94.5 Å². The van der Waals surface area contributed by atoms with Crippen molar-refractivity contribution in [2.45, 2.75) is 29.7 Å². The first-order valence-electron chi connectivity index (χ1n) is 10.1. The van der Waals surface area contributed by atoms with Crippen LogP contribution in [0.2, 0.25) is 5.02 Å². The Bertz CT molecular complexity index is 1300. The third-order valence-electron chi connectivity index (χ3n) is 4.88. The second-order valence-electron chi connectivity index (χ2n) is 7.60. The number of nitrogens with one attached hydrogen (secondary N) is 2. The molecule has 0 unspecified atom stereocenters. The summed E-state index contributed by atoms with van der Waals surface area (Å²) in [6.45, 7) is 0. The first-order chi connectivity index (χ1) is 16.6. The van der Waals surface area contributed by atoms with Gasteiger partial charge in [0.25, 0.3) is 0 Å². The minimum absolute atomic E-state index is 0.0830. The van der Waals surface area contributed by atoms with Gasteiger partial charge in [-0.3, -0.25) is 4.79 Å². The normalized spacial score (nSPS) is 13.3. The van der Waals surface area contributed by atoms with Gasteiger partial charge in [-0.2, -0.15) is 31.1 Å². The molecular formula is C23H17ClF6N2O3S. The van der Waals surface area contributed by atoms with Crippen molar-refractivity contribution in [2.24, 2.45) is 0 Å². The number of carbonyl (C=O) groups is 1. The Kier molecular flexibility index (Phi) is 8.01. The van der Waals surface area contributed by atoms with Crippen LogP contribution < -0.4 is 10.0 Å². The molecule has 2 N–H and O–H groups in total. The zero-order chi connectivity index (χ0) is 26.7. The van der Waals surface area contributed by atoms with Gasteiger partial charge < -0.3 is 5.32 Å². The third-order valence-corrected chi connectivity index (χ3v) is 6.62. The molecule has 1 atom stereocenters. The first-order valence-corrected chi connectivity index (χ1v) is 11.9. The lowest BCUT2D eigenvalue weighted by Crippen LogP contribution is -2.45. The second-order valence-corrected chi connectivity index (χ2v) is 9.75. The molecule has 0 bridgehead atoms. The molecule has 3 aromatic carbocycles. The fourth-order valence-electron chi connectivity index (χ4n) is 3.16. The Hall–Kier alpha value is -3.09. The summed E-state index contributed by atoms with van der Waals surface area (Å²) in [5.74, 6) is -1.16. The van der Waals surface area contributed by atoms with Crippen molar-refractivity contribution in [2.75, 3.05) is 5.32 Å². The molecule has 0 spiro atoms. The van der Waals surface area contributed by atoms with Crippen LogP contribution in [-0.4, -0.2) is 20.4 Å². The van der Waals surface area contributed by atoms with E-state index in [2.05, 4.69) is 4.72 Å². The van der Waals surface area contributed by atoms with Crippen molar-refractivity contribution in [1.29, 1.82) is 0 Å². The largest absolute Gasteiger partial charge is 0.416 e. The average molecular weight is 551 g/mol. The molecule has 13 heteroatoms. The van der Waals surface area contributed by atoms with Gasteiger partial charge in [-0.25, -0.2) is 8.42 Å². The number of halogens is 7. The highest BCUT2D eigenvalue weighted by molar-refractivity contribution is 7.89. The molecule has 0 saturated heterocycles. The Morgan fingerprint density at radius 1 is 0.833 bits per heavy atom. The predicted molar refractivity (Wildman–Crippen MR) is 121 cm³/mol. The van der Waals surface area contributed by atoms with Gasteiger partial charge in [0, 0.05) is 10.7 Å². The number of anilines is 1. The van der Waals surface area contributed by atoms with E-state index >= 15 is 0 Å². The van der Waals surface area contributed by atoms with E-state index in [-0.39, 0.29) is 22.4 Å². The van der Waals surface area contributed by atoms with Crippen molar-refractivity contribution in [3.8, 4) is 0 Å². The fourth-order valence-corrected chi connectivity index (χ4v) is 4.48. The lowest BCUT2D eigenvalue weighted by Gasteiger charge is -2.20. The maximum Gasteiger partial charge on any atom is 0.416 e. The number of amides is 1. The van der Waals surface area contributed by atoms with E-state index in [0.717, 1.165) is 0 Å². The molecule has 0 aliphatic carbocycles. The molecule has 3 rings (SSSR count). The summed E-state index contributed by atoms with van der Waals surface area (Å²) in [6, 6.07) is 12.0. The van der Waals surface area contributed by atoms with Crippen molar-refractivity contribution in [1.82, 2.24) is 4.72 Å². The molecule has 0 heterocycles. The molecule has 0 saturated carbocycles. The van der Waals surface area contributed by atoms with Gasteiger partial charge in [0.05, 0.1) is 16.0 Å². The summed E-state index contributed by atoms with van der Waals surface area (Å²) in [5.41, 5.74) is -3.58. The van der Waals surface area contributed by atoms with E-state index in [0.29, 0.717) is 17.7 Å². The lowest BCUT2D eigenvalue weighted by atomic mass is 10.1. The van der Waals surface area contributed by atoms with Crippen molar-refractivity contribution in [3.63, 3.8) is 0 Å². The molecule has 0 aliphatic heterocycles. The first kappa shape index (κ1) is 27.5. The SMILES string of the molecule is O=C(Nc1cc(C(F)(F)F)cc(C(F)(F)F)c1)[C@H](Cc1ccccc1)NS(=O)(=O)c1ccc(Cl)cc1. The highest BCUT2D eigenvalue weighted by atomic mass is 35.5. The van der Waals surface area contributed by atoms with Crippen LogP contribution in [0.15, 0.2) is 77.7 Å². The maximum absolute atomic E-state index is 13.2. The summed E-state index contributed by atoms with van der Waals surface area (Å²) in [6.07, 6.45) is -10.5. The van der Waals surface area contributed by atoms with Gasteiger partial charge >= 0.3 is 12.4 Å². The predicted octanol–water partition coefficient (Wildman–Crippen LogP) is 5.91. The molecule has 5 nitrogen and oxygen atoms in total. The van der Waals surface area contributed by atoms with E-state index in [1.165, 1.54) is 24.3 Å². The topological polar surface area (TPSA) is 75.3 Å². The molecule has 36 heavy (non-hydrogen) atoms. The van der Waals surface area contributed by atoms with Gasteiger partial charge in [-0.1, -0.05) is 41.9 Å². The third kappa shape index (κ3) is 7.21. The Morgan fingerprint density at radius 3 is 1.86 bits per heavy atom. The summed E-state index contributed by atoms with van der Waals surface area (Å²) < 4.78 is 107. The van der Waals surface area contributed by atoms with Crippen LogP contribution in [0.5, 0.6) is 0 Å². The van der Waals surface area contributed by atoms with E-state index in [1.807, 2.05) is 5.32 Å². The minimum Gasteiger partial charge on any atom is -0.325 e. The molecule has 0 radical (unpaired) electrons. The quantitative estimate of drug-likeness (QED) is 0.359. The van der Waals surface area contributed by atoms with E-state index in [1.54, 1.807) is 30.3 Å². The molecule has 0 aromatic heterocycles. The summed E-state index contributed by atoms with van der Waals surface area (Å²) in [5, 5.41) is 2.23. The number of benzene rings is 3.